The molecule has 0 spiro atoms. The largest absolute Gasteiger partial charge is 0.0837 e. The van der Waals surface area contributed by atoms with Gasteiger partial charge in [0.1, 0.15) is 0 Å². The van der Waals surface area contributed by atoms with E-state index in [-0.39, 0.29) is 0 Å². The molecule has 20 heavy (non-hydrogen) atoms. The fourth-order valence-electron chi connectivity index (χ4n) is 3.06. The van der Waals surface area contributed by atoms with Gasteiger partial charge in [0.15, 0.2) is 0 Å². The zero-order chi connectivity index (χ0) is 13.6. The second-order valence-electron chi connectivity index (χ2n) is 5.78. The molecule has 0 heterocycles. The molecular weight excluding hydrogens is 240 g/mol. The number of hydrogen-bond donors (Lipinski definition) is 0. The van der Waals surface area contributed by atoms with Gasteiger partial charge in [-0.1, -0.05) is 92.4 Å². The van der Waals surface area contributed by atoms with E-state index in [0.29, 0.717) is 0 Å². The normalized spacial score (nSPS) is 16.0. The standard InChI is InChI=1S/C20H22/c1-2-11-19(12-3-1)20-15-13-18(14-16-20)10-6-9-17-7-4-5-8-17/h1-3,6,10-17H,4-5,7-9H2. The van der Waals surface area contributed by atoms with Crippen LogP contribution in [0.5, 0.6) is 0 Å². The molecule has 0 amide bonds. The van der Waals surface area contributed by atoms with Gasteiger partial charge in [0.05, 0.1) is 0 Å². The van der Waals surface area contributed by atoms with E-state index in [0.717, 1.165) is 5.92 Å². The van der Waals surface area contributed by atoms with Gasteiger partial charge in [-0.25, -0.2) is 0 Å². The van der Waals surface area contributed by atoms with Crippen LogP contribution in [-0.2, 0) is 0 Å². The van der Waals surface area contributed by atoms with Crippen LogP contribution in [0.15, 0.2) is 60.7 Å². The Morgan fingerprint density at radius 2 is 1.45 bits per heavy atom. The lowest BCUT2D eigenvalue weighted by Gasteiger charge is -2.04. The summed E-state index contributed by atoms with van der Waals surface area (Å²) in [6, 6.07) is 19.4. The third-order valence-corrected chi connectivity index (χ3v) is 4.27. The van der Waals surface area contributed by atoms with Crippen LogP contribution in [0.2, 0.25) is 0 Å². The van der Waals surface area contributed by atoms with Crippen molar-refractivity contribution in [1.29, 1.82) is 0 Å². The van der Waals surface area contributed by atoms with Crippen molar-refractivity contribution in [3.8, 4) is 11.1 Å². The first kappa shape index (κ1) is 13.2. The molecule has 1 aliphatic rings. The van der Waals surface area contributed by atoms with Crippen molar-refractivity contribution in [3.05, 3.63) is 66.2 Å². The predicted octanol–water partition coefficient (Wildman–Crippen LogP) is 5.95. The van der Waals surface area contributed by atoms with Crippen LogP contribution < -0.4 is 0 Å². The van der Waals surface area contributed by atoms with Gasteiger partial charge in [-0.15, -0.1) is 0 Å². The van der Waals surface area contributed by atoms with E-state index in [1.807, 2.05) is 0 Å². The van der Waals surface area contributed by atoms with Crippen LogP contribution >= 0.6 is 0 Å². The molecule has 0 saturated heterocycles. The highest BCUT2D eigenvalue weighted by atomic mass is 14.2. The fourth-order valence-corrected chi connectivity index (χ4v) is 3.06. The molecule has 0 heteroatoms. The Balaban J connectivity index is 1.62. The van der Waals surface area contributed by atoms with Crippen molar-refractivity contribution >= 4 is 6.08 Å². The molecule has 0 aliphatic heterocycles. The molecule has 0 N–H and O–H groups in total. The molecule has 0 aromatic heterocycles. The molecule has 1 fully saturated rings. The van der Waals surface area contributed by atoms with Gasteiger partial charge in [-0.2, -0.15) is 0 Å². The summed E-state index contributed by atoms with van der Waals surface area (Å²) in [5.74, 6) is 0.940. The van der Waals surface area contributed by atoms with Crippen LogP contribution in [0.25, 0.3) is 17.2 Å². The Morgan fingerprint density at radius 3 is 2.15 bits per heavy atom. The first-order chi connectivity index (χ1) is 9.92. The lowest BCUT2D eigenvalue weighted by Crippen LogP contribution is -1.88. The zero-order valence-corrected chi connectivity index (χ0v) is 12.0. The van der Waals surface area contributed by atoms with E-state index in [2.05, 4.69) is 66.7 Å². The average Bonchev–Trinajstić information content (AvgIpc) is 3.02. The first-order valence-electron chi connectivity index (χ1n) is 7.74. The number of hydrogen-bond acceptors (Lipinski definition) is 0. The van der Waals surface area contributed by atoms with Gasteiger partial charge in [-0.05, 0) is 29.0 Å². The minimum absolute atomic E-state index is 0.940. The SMILES string of the molecule is C(=Cc1ccc(-c2ccccc2)cc1)CC1CCCC1. The second kappa shape index (κ2) is 6.56. The minimum atomic E-state index is 0.940. The molecule has 102 valence electrons. The molecular formula is C20H22. The van der Waals surface area contributed by atoms with Crippen molar-refractivity contribution < 1.29 is 0 Å². The van der Waals surface area contributed by atoms with Crippen molar-refractivity contribution in [2.45, 2.75) is 32.1 Å². The summed E-state index contributed by atoms with van der Waals surface area (Å²) < 4.78 is 0. The van der Waals surface area contributed by atoms with E-state index >= 15 is 0 Å². The van der Waals surface area contributed by atoms with Crippen molar-refractivity contribution in [1.82, 2.24) is 0 Å². The highest BCUT2D eigenvalue weighted by Crippen LogP contribution is 2.28. The third-order valence-electron chi connectivity index (χ3n) is 4.27. The quantitative estimate of drug-likeness (QED) is 0.639. The van der Waals surface area contributed by atoms with Crippen LogP contribution in [0.4, 0.5) is 0 Å². The maximum atomic E-state index is 2.35. The van der Waals surface area contributed by atoms with Gasteiger partial charge in [0.2, 0.25) is 0 Å². The summed E-state index contributed by atoms with van der Waals surface area (Å²) in [7, 11) is 0. The van der Waals surface area contributed by atoms with Gasteiger partial charge in [0.25, 0.3) is 0 Å². The van der Waals surface area contributed by atoms with E-state index in [1.54, 1.807) is 0 Å². The highest BCUT2D eigenvalue weighted by Gasteiger charge is 2.12. The molecule has 1 saturated carbocycles. The Morgan fingerprint density at radius 1 is 0.800 bits per heavy atom. The van der Waals surface area contributed by atoms with Crippen molar-refractivity contribution in [2.24, 2.45) is 5.92 Å². The molecule has 0 nitrogen and oxygen atoms in total. The van der Waals surface area contributed by atoms with Crippen molar-refractivity contribution in [2.75, 3.05) is 0 Å². The van der Waals surface area contributed by atoms with E-state index in [1.165, 1.54) is 48.8 Å². The van der Waals surface area contributed by atoms with Gasteiger partial charge >= 0.3 is 0 Å². The molecule has 0 radical (unpaired) electrons. The molecule has 0 atom stereocenters. The fraction of sp³-hybridized carbons (Fsp3) is 0.300. The van der Waals surface area contributed by atoms with E-state index < -0.39 is 0 Å². The lowest BCUT2D eigenvalue weighted by molar-refractivity contribution is 0.559. The maximum absolute atomic E-state index is 2.35. The summed E-state index contributed by atoms with van der Waals surface area (Å²) in [6.07, 6.45) is 11.6. The predicted molar refractivity (Wildman–Crippen MR) is 87.5 cm³/mol. The third kappa shape index (κ3) is 3.39. The van der Waals surface area contributed by atoms with E-state index in [9.17, 15) is 0 Å². The average molecular weight is 262 g/mol. The summed E-state index contributed by atoms with van der Waals surface area (Å²) in [4.78, 5) is 0. The van der Waals surface area contributed by atoms with Crippen LogP contribution in [-0.4, -0.2) is 0 Å². The Labute approximate surface area is 122 Å². The number of benzene rings is 2. The molecule has 0 unspecified atom stereocenters. The van der Waals surface area contributed by atoms with Gasteiger partial charge in [-0.3, -0.25) is 0 Å². The first-order valence-corrected chi connectivity index (χ1v) is 7.74. The summed E-state index contributed by atoms with van der Waals surface area (Å²) >= 11 is 0. The molecule has 2 aromatic carbocycles. The van der Waals surface area contributed by atoms with Crippen LogP contribution in [0.3, 0.4) is 0 Å². The molecule has 1 aliphatic carbocycles. The number of rotatable bonds is 4. The zero-order valence-electron chi connectivity index (χ0n) is 12.0. The monoisotopic (exact) mass is 262 g/mol. The minimum Gasteiger partial charge on any atom is -0.0837 e. The maximum Gasteiger partial charge on any atom is -0.0184 e. The lowest BCUT2D eigenvalue weighted by atomic mass is 10.0. The highest BCUT2D eigenvalue weighted by molar-refractivity contribution is 5.65. The summed E-state index contributed by atoms with van der Waals surface area (Å²) in [5, 5.41) is 0. The van der Waals surface area contributed by atoms with E-state index in [4.69, 9.17) is 0 Å². The smallest absolute Gasteiger partial charge is 0.0184 e. The molecule has 3 rings (SSSR count). The van der Waals surface area contributed by atoms with Crippen LogP contribution in [0, 0.1) is 5.92 Å². The van der Waals surface area contributed by atoms with Crippen molar-refractivity contribution in [3.63, 3.8) is 0 Å². The summed E-state index contributed by atoms with van der Waals surface area (Å²) in [5.41, 5.74) is 3.88. The molecule has 2 aromatic rings. The Kier molecular flexibility index (Phi) is 4.32. The molecule has 0 bridgehead atoms. The van der Waals surface area contributed by atoms with Gasteiger partial charge in [0, 0.05) is 0 Å². The summed E-state index contributed by atoms with van der Waals surface area (Å²) in [6.45, 7) is 0. The topological polar surface area (TPSA) is 0 Å². The second-order valence-corrected chi connectivity index (χ2v) is 5.78. The number of allylic oxidation sites excluding steroid dienone is 1. The Hall–Kier alpha value is -1.82. The van der Waals surface area contributed by atoms with Gasteiger partial charge < -0.3 is 0 Å². The Bertz CT molecular complexity index is 542. The van der Waals surface area contributed by atoms with Crippen LogP contribution in [0.1, 0.15) is 37.7 Å².